The summed E-state index contributed by atoms with van der Waals surface area (Å²) in [7, 11) is 1.68. The van der Waals surface area contributed by atoms with E-state index in [1.54, 1.807) is 19.5 Å². The molecule has 0 aliphatic heterocycles. The van der Waals surface area contributed by atoms with Crippen LogP contribution in [0.25, 0.3) is 0 Å². The molecular formula is C17H27NO3. The molecule has 1 fully saturated rings. The van der Waals surface area contributed by atoms with E-state index in [0.29, 0.717) is 11.7 Å². The first-order valence-electron chi connectivity index (χ1n) is 7.94. The van der Waals surface area contributed by atoms with E-state index in [4.69, 9.17) is 9.47 Å². The van der Waals surface area contributed by atoms with Crippen LogP contribution in [0.2, 0.25) is 0 Å². The smallest absolute Gasteiger partial charge is 0.138 e. The predicted molar refractivity (Wildman–Crippen MR) is 82.3 cm³/mol. The Bertz CT molecular complexity index is 430. The van der Waals surface area contributed by atoms with Crippen LogP contribution < -0.4 is 4.74 Å². The molecule has 0 bridgehead atoms. The van der Waals surface area contributed by atoms with Crippen LogP contribution in [0.1, 0.15) is 57.6 Å². The lowest BCUT2D eigenvalue weighted by Gasteiger charge is -2.32. The number of methoxy groups -OCH3 is 1. The van der Waals surface area contributed by atoms with Crippen molar-refractivity contribution in [2.75, 3.05) is 7.11 Å². The van der Waals surface area contributed by atoms with Gasteiger partial charge in [0, 0.05) is 18.9 Å². The molecule has 21 heavy (non-hydrogen) atoms. The molecule has 0 saturated heterocycles. The number of hydrogen-bond donors (Lipinski definition) is 1. The summed E-state index contributed by atoms with van der Waals surface area (Å²) in [5.74, 6) is 1.12. The van der Waals surface area contributed by atoms with Gasteiger partial charge in [-0.1, -0.05) is 19.3 Å². The van der Waals surface area contributed by atoms with Crippen molar-refractivity contribution in [1.82, 2.24) is 4.98 Å². The van der Waals surface area contributed by atoms with Crippen LogP contribution in [0.15, 0.2) is 18.5 Å². The molecule has 0 spiro atoms. The maximum absolute atomic E-state index is 10.7. The summed E-state index contributed by atoms with van der Waals surface area (Å²) in [6.45, 7) is 3.95. The zero-order valence-corrected chi connectivity index (χ0v) is 13.3. The van der Waals surface area contributed by atoms with Crippen molar-refractivity contribution < 1.29 is 14.6 Å². The quantitative estimate of drug-likeness (QED) is 0.872. The minimum Gasteiger partial charge on any atom is -0.489 e. The van der Waals surface area contributed by atoms with Crippen molar-refractivity contribution in [1.29, 1.82) is 0 Å². The average molecular weight is 293 g/mol. The first kappa shape index (κ1) is 16.2. The molecule has 4 heteroatoms. The Morgan fingerprint density at radius 2 is 1.90 bits per heavy atom. The first-order chi connectivity index (χ1) is 10.1. The molecule has 2 atom stereocenters. The number of rotatable bonds is 6. The summed E-state index contributed by atoms with van der Waals surface area (Å²) in [5, 5.41) is 10.7. The van der Waals surface area contributed by atoms with Gasteiger partial charge in [-0.3, -0.25) is 4.98 Å². The number of hydrogen-bond acceptors (Lipinski definition) is 4. The van der Waals surface area contributed by atoms with E-state index in [-0.39, 0.29) is 12.2 Å². The zero-order valence-electron chi connectivity index (χ0n) is 13.3. The lowest BCUT2D eigenvalue weighted by atomic mass is 9.82. The van der Waals surface area contributed by atoms with E-state index < -0.39 is 6.10 Å². The van der Waals surface area contributed by atoms with Gasteiger partial charge in [0.05, 0.1) is 18.4 Å². The van der Waals surface area contributed by atoms with Gasteiger partial charge < -0.3 is 14.6 Å². The number of ether oxygens (including phenoxy) is 2. The Balaban J connectivity index is 2.10. The summed E-state index contributed by atoms with van der Waals surface area (Å²) in [6.07, 6.45) is 8.67. The minimum absolute atomic E-state index is 0.0933. The maximum Gasteiger partial charge on any atom is 0.138 e. The third-order valence-corrected chi connectivity index (χ3v) is 4.15. The number of nitrogens with zero attached hydrogens (tertiary/aromatic N) is 1. The number of pyridine rings is 1. The van der Waals surface area contributed by atoms with Crippen LogP contribution in [-0.4, -0.2) is 29.4 Å². The fourth-order valence-corrected chi connectivity index (χ4v) is 3.17. The first-order valence-corrected chi connectivity index (χ1v) is 7.94. The fourth-order valence-electron chi connectivity index (χ4n) is 3.17. The molecule has 1 heterocycles. The molecule has 4 nitrogen and oxygen atoms in total. The van der Waals surface area contributed by atoms with Crippen molar-refractivity contribution in [2.24, 2.45) is 5.92 Å². The Hall–Kier alpha value is -1.13. The monoisotopic (exact) mass is 293 g/mol. The summed E-state index contributed by atoms with van der Waals surface area (Å²) in [6, 6.07) is 1.87. The second-order valence-corrected chi connectivity index (χ2v) is 6.16. The largest absolute Gasteiger partial charge is 0.489 e. The molecule has 1 saturated carbocycles. The topological polar surface area (TPSA) is 51.6 Å². The molecule has 1 aromatic rings. The third-order valence-electron chi connectivity index (χ3n) is 4.15. The van der Waals surface area contributed by atoms with Gasteiger partial charge in [0.2, 0.25) is 0 Å². The summed E-state index contributed by atoms with van der Waals surface area (Å²) >= 11 is 0. The molecule has 0 radical (unpaired) electrons. The Morgan fingerprint density at radius 1 is 1.19 bits per heavy atom. The lowest BCUT2D eigenvalue weighted by molar-refractivity contribution is -0.0561. The van der Waals surface area contributed by atoms with E-state index in [9.17, 15) is 5.11 Å². The van der Waals surface area contributed by atoms with E-state index in [0.717, 1.165) is 18.4 Å². The Kier molecular flexibility index (Phi) is 6.00. The van der Waals surface area contributed by atoms with Crippen LogP contribution in [0, 0.1) is 5.92 Å². The van der Waals surface area contributed by atoms with Gasteiger partial charge in [0.15, 0.2) is 0 Å². The van der Waals surface area contributed by atoms with Gasteiger partial charge in [-0.2, -0.15) is 0 Å². The zero-order chi connectivity index (χ0) is 15.2. The van der Waals surface area contributed by atoms with Crippen molar-refractivity contribution in [3.63, 3.8) is 0 Å². The number of aliphatic hydroxyl groups is 1. The standard InChI is InChI=1S/C17H27NO3/c1-12(2)21-15-9-14(10-18-11-15)16(19)17(20-3)13-7-5-4-6-8-13/h9-13,16-17,19H,4-8H2,1-3H3. The highest BCUT2D eigenvalue weighted by atomic mass is 16.5. The molecule has 2 unspecified atom stereocenters. The van der Waals surface area contributed by atoms with Crippen molar-refractivity contribution in [2.45, 2.75) is 64.3 Å². The minimum atomic E-state index is -0.652. The molecule has 1 aliphatic carbocycles. The van der Waals surface area contributed by atoms with Gasteiger partial charge in [-0.25, -0.2) is 0 Å². The number of aliphatic hydroxyl groups excluding tert-OH is 1. The van der Waals surface area contributed by atoms with Crippen molar-refractivity contribution in [3.05, 3.63) is 24.0 Å². The van der Waals surface area contributed by atoms with Crippen LogP contribution in [0.4, 0.5) is 0 Å². The average Bonchev–Trinajstić information content (AvgIpc) is 2.48. The lowest BCUT2D eigenvalue weighted by Crippen LogP contribution is -2.31. The molecule has 0 aromatic carbocycles. The molecule has 1 aliphatic rings. The molecule has 0 amide bonds. The normalized spacial score (nSPS) is 19.5. The SMILES string of the molecule is COC(C1CCCCC1)C(O)c1cncc(OC(C)C)c1. The highest BCUT2D eigenvalue weighted by Crippen LogP contribution is 2.34. The molecular weight excluding hydrogens is 266 g/mol. The second-order valence-electron chi connectivity index (χ2n) is 6.16. The molecule has 1 aromatic heterocycles. The highest BCUT2D eigenvalue weighted by Gasteiger charge is 2.30. The van der Waals surface area contributed by atoms with Gasteiger partial charge in [-0.15, -0.1) is 0 Å². The van der Waals surface area contributed by atoms with E-state index in [1.807, 2.05) is 19.9 Å². The Labute approximate surface area is 127 Å². The van der Waals surface area contributed by atoms with E-state index in [1.165, 1.54) is 19.3 Å². The van der Waals surface area contributed by atoms with Gasteiger partial charge in [0.1, 0.15) is 11.9 Å². The Morgan fingerprint density at radius 3 is 2.52 bits per heavy atom. The summed E-state index contributed by atoms with van der Waals surface area (Å²) in [5.41, 5.74) is 0.769. The van der Waals surface area contributed by atoms with Crippen LogP contribution >= 0.6 is 0 Å². The van der Waals surface area contributed by atoms with E-state index in [2.05, 4.69) is 4.98 Å². The summed E-state index contributed by atoms with van der Waals surface area (Å²) in [4.78, 5) is 4.18. The van der Waals surface area contributed by atoms with Crippen molar-refractivity contribution >= 4 is 0 Å². The summed E-state index contributed by atoms with van der Waals surface area (Å²) < 4.78 is 11.3. The van der Waals surface area contributed by atoms with Gasteiger partial charge >= 0.3 is 0 Å². The van der Waals surface area contributed by atoms with Crippen LogP contribution in [0.3, 0.4) is 0 Å². The van der Waals surface area contributed by atoms with Crippen molar-refractivity contribution in [3.8, 4) is 5.75 Å². The van der Waals surface area contributed by atoms with Crippen LogP contribution in [0.5, 0.6) is 5.75 Å². The number of aromatic nitrogens is 1. The van der Waals surface area contributed by atoms with Gasteiger partial charge in [0.25, 0.3) is 0 Å². The van der Waals surface area contributed by atoms with Gasteiger partial charge in [-0.05, 0) is 38.7 Å². The predicted octanol–water partition coefficient (Wildman–Crippen LogP) is 3.50. The molecule has 1 N–H and O–H groups in total. The fraction of sp³-hybridized carbons (Fsp3) is 0.706. The van der Waals surface area contributed by atoms with E-state index >= 15 is 0 Å². The maximum atomic E-state index is 10.7. The second kappa shape index (κ2) is 7.76. The molecule has 2 rings (SSSR count). The van der Waals surface area contributed by atoms with Crippen LogP contribution in [-0.2, 0) is 4.74 Å². The third kappa shape index (κ3) is 4.42. The highest BCUT2D eigenvalue weighted by molar-refractivity contribution is 5.26. The molecule has 118 valence electrons.